The first-order valence-electron chi connectivity index (χ1n) is 8.03. The number of anilines is 2. The van der Waals surface area contributed by atoms with Gasteiger partial charge in [-0.1, -0.05) is 6.07 Å². The third-order valence-electron chi connectivity index (χ3n) is 4.20. The Balaban J connectivity index is 1.52. The summed E-state index contributed by atoms with van der Waals surface area (Å²) in [5, 5.41) is 3.40. The molecule has 0 unspecified atom stereocenters. The molecule has 0 aliphatic carbocycles. The average Bonchev–Trinajstić information content (AvgIpc) is 2.52. The van der Waals surface area contributed by atoms with Crippen LogP contribution in [0.1, 0.15) is 24.1 Å². The number of rotatable bonds is 4. The molecule has 0 bridgehead atoms. The largest absolute Gasteiger partial charge is 0.368 e. The highest BCUT2D eigenvalue weighted by atomic mass is 19.2. The Morgan fingerprint density at radius 3 is 2.58 bits per heavy atom. The number of benzene rings is 1. The van der Waals surface area contributed by atoms with Crippen LogP contribution < -0.4 is 11.1 Å². The average molecular weight is 333 g/mol. The van der Waals surface area contributed by atoms with Gasteiger partial charge >= 0.3 is 0 Å². The van der Waals surface area contributed by atoms with Gasteiger partial charge in [-0.15, -0.1) is 0 Å². The molecule has 0 amide bonds. The zero-order valence-corrected chi connectivity index (χ0v) is 13.6. The van der Waals surface area contributed by atoms with Gasteiger partial charge in [-0.25, -0.2) is 13.8 Å². The highest BCUT2D eigenvalue weighted by Gasteiger charge is 2.20. The molecule has 0 radical (unpaired) electrons. The van der Waals surface area contributed by atoms with E-state index in [1.807, 2.05) is 13.0 Å². The topological polar surface area (TPSA) is 67.1 Å². The molecule has 5 nitrogen and oxygen atoms in total. The second kappa shape index (κ2) is 7.09. The van der Waals surface area contributed by atoms with Gasteiger partial charge in [-0.3, -0.25) is 4.90 Å². The molecule has 1 aromatic carbocycles. The van der Waals surface area contributed by atoms with Crippen LogP contribution in [-0.2, 0) is 6.54 Å². The van der Waals surface area contributed by atoms with E-state index in [2.05, 4.69) is 20.2 Å². The SMILES string of the molecule is Cc1cc(NC2CCN(Cc3ccc(F)c(F)c3)CC2)nc(N)n1. The van der Waals surface area contributed by atoms with E-state index in [0.717, 1.165) is 43.0 Å². The van der Waals surface area contributed by atoms with Gasteiger partial charge in [-0.2, -0.15) is 4.98 Å². The minimum Gasteiger partial charge on any atom is -0.368 e. The van der Waals surface area contributed by atoms with Crippen LogP contribution in [0, 0.1) is 18.6 Å². The maximum atomic E-state index is 13.3. The first kappa shape index (κ1) is 16.6. The Morgan fingerprint density at radius 1 is 1.17 bits per heavy atom. The van der Waals surface area contributed by atoms with E-state index in [1.165, 1.54) is 12.1 Å². The fourth-order valence-electron chi connectivity index (χ4n) is 3.01. The van der Waals surface area contributed by atoms with E-state index in [9.17, 15) is 8.78 Å². The number of hydrogen-bond donors (Lipinski definition) is 2. The quantitative estimate of drug-likeness (QED) is 0.900. The van der Waals surface area contributed by atoms with E-state index in [0.29, 0.717) is 12.6 Å². The minimum atomic E-state index is -0.805. The van der Waals surface area contributed by atoms with Crippen LogP contribution >= 0.6 is 0 Å². The van der Waals surface area contributed by atoms with Crippen molar-refractivity contribution in [2.75, 3.05) is 24.1 Å². The van der Waals surface area contributed by atoms with Gasteiger partial charge in [0.05, 0.1) is 0 Å². The molecule has 2 aromatic rings. The fraction of sp³-hybridized carbons (Fsp3) is 0.412. The minimum absolute atomic E-state index is 0.272. The summed E-state index contributed by atoms with van der Waals surface area (Å²) in [6.07, 6.45) is 1.90. The van der Waals surface area contributed by atoms with E-state index in [4.69, 9.17) is 5.73 Å². The fourth-order valence-corrected chi connectivity index (χ4v) is 3.01. The van der Waals surface area contributed by atoms with Crippen LogP contribution in [0.3, 0.4) is 0 Å². The number of halogens is 2. The second-order valence-corrected chi connectivity index (χ2v) is 6.20. The molecule has 3 N–H and O–H groups in total. The number of nitrogen functional groups attached to an aromatic ring is 1. The number of aromatic nitrogens is 2. The summed E-state index contributed by atoms with van der Waals surface area (Å²) in [5.74, 6) is -0.575. The van der Waals surface area contributed by atoms with Crippen molar-refractivity contribution in [3.8, 4) is 0 Å². The van der Waals surface area contributed by atoms with Gasteiger partial charge in [0, 0.05) is 37.4 Å². The molecule has 1 fully saturated rings. The van der Waals surface area contributed by atoms with Crippen LogP contribution in [0.5, 0.6) is 0 Å². The van der Waals surface area contributed by atoms with Crippen molar-refractivity contribution < 1.29 is 8.78 Å². The monoisotopic (exact) mass is 333 g/mol. The maximum Gasteiger partial charge on any atom is 0.222 e. The van der Waals surface area contributed by atoms with Crippen LogP contribution in [0.15, 0.2) is 24.3 Å². The molecule has 2 heterocycles. The van der Waals surface area contributed by atoms with Crippen LogP contribution in [0.4, 0.5) is 20.5 Å². The van der Waals surface area contributed by atoms with Crippen LogP contribution in [0.25, 0.3) is 0 Å². The summed E-state index contributed by atoms with van der Waals surface area (Å²) in [4.78, 5) is 10.5. The summed E-state index contributed by atoms with van der Waals surface area (Å²) >= 11 is 0. The highest BCUT2D eigenvalue weighted by molar-refractivity contribution is 5.41. The number of nitrogens with two attached hydrogens (primary N) is 1. The molecule has 1 aliphatic heterocycles. The van der Waals surface area contributed by atoms with Crippen molar-refractivity contribution in [3.63, 3.8) is 0 Å². The van der Waals surface area contributed by atoms with Crippen molar-refractivity contribution >= 4 is 11.8 Å². The predicted molar refractivity (Wildman–Crippen MR) is 89.5 cm³/mol. The number of likely N-dealkylation sites (tertiary alicyclic amines) is 1. The molecule has 0 saturated carbocycles. The Kier molecular flexibility index (Phi) is 4.89. The number of aryl methyl sites for hydroxylation is 1. The third kappa shape index (κ3) is 4.17. The first-order chi connectivity index (χ1) is 11.5. The molecule has 1 saturated heterocycles. The Morgan fingerprint density at radius 2 is 1.92 bits per heavy atom. The number of nitrogens with one attached hydrogen (secondary N) is 1. The van der Waals surface area contributed by atoms with Gasteiger partial charge in [0.1, 0.15) is 5.82 Å². The van der Waals surface area contributed by atoms with E-state index in [-0.39, 0.29) is 5.95 Å². The summed E-state index contributed by atoms with van der Waals surface area (Å²) in [6, 6.07) is 6.28. The third-order valence-corrected chi connectivity index (χ3v) is 4.20. The molecular formula is C17H21F2N5. The highest BCUT2D eigenvalue weighted by Crippen LogP contribution is 2.19. The lowest BCUT2D eigenvalue weighted by atomic mass is 10.0. The van der Waals surface area contributed by atoms with Gasteiger partial charge < -0.3 is 11.1 Å². The standard InChI is InChI=1S/C17H21F2N5/c1-11-8-16(23-17(20)21-11)22-13-4-6-24(7-5-13)10-12-2-3-14(18)15(19)9-12/h2-3,8-9,13H,4-7,10H2,1H3,(H3,20,21,22,23). The Labute approximate surface area is 139 Å². The van der Waals surface area contributed by atoms with Crippen LogP contribution in [0.2, 0.25) is 0 Å². The maximum absolute atomic E-state index is 13.3. The smallest absolute Gasteiger partial charge is 0.222 e. The molecule has 1 aromatic heterocycles. The first-order valence-corrected chi connectivity index (χ1v) is 8.03. The Hall–Kier alpha value is -2.28. The number of hydrogen-bond acceptors (Lipinski definition) is 5. The summed E-state index contributed by atoms with van der Waals surface area (Å²) in [7, 11) is 0. The predicted octanol–water partition coefficient (Wildman–Crippen LogP) is 2.72. The molecule has 24 heavy (non-hydrogen) atoms. The van der Waals surface area contributed by atoms with E-state index < -0.39 is 11.6 Å². The van der Waals surface area contributed by atoms with E-state index >= 15 is 0 Å². The Bertz CT molecular complexity index is 694. The molecule has 0 atom stereocenters. The summed E-state index contributed by atoms with van der Waals surface area (Å²) in [6.45, 7) is 4.28. The number of piperidine rings is 1. The van der Waals surface area contributed by atoms with Crippen molar-refractivity contribution in [2.24, 2.45) is 0 Å². The van der Waals surface area contributed by atoms with Crippen molar-refractivity contribution in [3.05, 3.63) is 47.2 Å². The molecule has 128 valence electrons. The van der Waals surface area contributed by atoms with Gasteiger partial charge in [0.2, 0.25) is 5.95 Å². The number of nitrogens with zero attached hydrogens (tertiary/aromatic N) is 3. The zero-order chi connectivity index (χ0) is 17.1. The molecule has 0 spiro atoms. The van der Waals surface area contributed by atoms with Crippen molar-refractivity contribution in [1.29, 1.82) is 0 Å². The van der Waals surface area contributed by atoms with Gasteiger partial charge in [0.15, 0.2) is 11.6 Å². The molecule has 3 rings (SSSR count). The molecule has 7 heteroatoms. The summed E-state index contributed by atoms with van der Waals surface area (Å²) < 4.78 is 26.3. The van der Waals surface area contributed by atoms with Gasteiger partial charge in [-0.05, 0) is 37.5 Å². The lowest BCUT2D eigenvalue weighted by Gasteiger charge is -2.32. The normalized spacial score (nSPS) is 16.3. The molecular weight excluding hydrogens is 312 g/mol. The van der Waals surface area contributed by atoms with E-state index in [1.54, 1.807) is 6.07 Å². The molecule has 1 aliphatic rings. The second-order valence-electron chi connectivity index (χ2n) is 6.20. The van der Waals surface area contributed by atoms with Crippen LogP contribution in [-0.4, -0.2) is 34.0 Å². The van der Waals surface area contributed by atoms with Gasteiger partial charge in [0.25, 0.3) is 0 Å². The van der Waals surface area contributed by atoms with Crippen molar-refractivity contribution in [1.82, 2.24) is 14.9 Å². The summed E-state index contributed by atoms with van der Waals surface area (Å²) in [5.41, 5.74) is 7.29. The lowest BCUT2D eigenvalue weighted by molar-refractivity contribution is 0.211. The zero-order valence-electron chi connectivity index (χ0n) is 13.6. The van der Waals surface area contributed by atoms with Crippen molar-refractivity contribution in [2.45, 2.75) is 32.4 Å². The lowest BCUT2D eigenvalue weighted by Crippen LogP contribution is -2.38.